The highest BCUT2D eigenvalue weighted by Crippen LogP contribution is 2.24. The second kappa shape index (κ2) is 4.79. The molecule has 18 heavy (non-hydrogen) atoms. The third kappa shape index (κ3) is 2.31. The Balaban J connectivity index is 1.74. The van der Waals surface area contributed by atoms with Crippen LogP contribution in [0.3, 0.4) is 0 Å². The first-order chi connectivity index (χ1) is 8.77. The standard InChI is InChI=1S/C12H15N3O2S/c16-12(4-6-17-7-5-12)8-13-9-2-1-3-10-11(9)15-18-14-10/h1-3,13,16H,4-8H2. The maximum absolute atomic E-state index is 10.4. The van der Waals surface area contributed by atoms with E-state index in [9.17, 15) is 5.11 Å². The first-order valence-electron chi connectivity index (χ1n) is 6.02. The van der Waals surface area contributed by atoms with Crippen LogP contribution in [-0.2, 0) is 4.74 Å². The SMILES string of the molecule is OC1(CNc2cccc3nsnc23)CCOCC1. The minimum absolute atomic E-state index is 0.521. The summed E-state index contributed by atoms with van der Waals surface area (Å²) in [5.74, 6) is 0. The van der Waals surface area contributed by atoms with E-state index in [1.807, 2.05) is 18.2 Å². The number of aliphatic hydroxyl groups is 1. The zero-order valence-corrected chi connectivity index (χ0v) is 10.7. The summed E-state index contributed by atoms with van der Waals surface area (Å²) in [5, 5.41) is 13.7. The molecule has 2 N–H and O–H groups in total. The molecule has 0 aliphatic carbocycles. The van der Waals surface area contributed by atoms with E-state index >= 15 is 0 Å². The second-order valence-corrected chi connectivity index (χ2v) is 5.16. The molecule has 2 aromatic rings. The topological polar surface area (TPSA) is 67.3 Å². The first kappa shape index (κ1) is 11.8. The third-order valence-electron chi connectivity index (χ3n) is 3.32. The van der Waals surface area contributed by atoms with Gasteiger partial charge in [0.25, 0.3) is 0 Å². The lowest BCUT2D eigenvalue weighted by atomic mass is 9.94. The van der Waals surface area contributed by atoms with Crippen molar-refractivity contribution in [1.29, 1.82) is 0 Å². The normalized spacial score (nSPS) is 18.9. The lowest BCUT2D eigenvalue weighted by Crippen LogP contribution is -2.42. The number of anilines is 1. The van der Waals surface area contributed by atoms with Gasteiger partial charge in [0.1, 0.15) is 11.0 Å². The zero-order valence-electron chi connectivity index (χ0n) is 9.93. The van der Waals surface area contributed by atoms with Crippen molar-refractivity contribution < 1.29 is 9.84 Å². The molecule has 2 heterocycles. The molecule has 1 aliphatic heterocycles. The average molecular weight is 265 g/mol. The molecular weight excluding hydrogens is 250 g/mol. The van der Waals surface area contributed by atoms with E-state index < -0.39 is 5.60 Å². The van der Waals surface area contributed by atoms with Crippen LogP contribution in [0.4, 0.5) is 5.69 Å². The minimum Gasteiger partial charge on any atom is -0.388 e. The van der Waals surface area contributed by atoms with Gasteiger partial charge in [-0.05, 0) is 12.1 Å². The van der Waals surface area contributed by atoms with Crippen LogP contribution in [0.2, 0.25) is 0 Å². The molecule has 0 bridgehead atoms. The number of fused-ring (bicyclic) bond motifs is 1. The fraction of sp³-hybridized carbons (Fsp3) is 0.500. The van der Waals surface area contributed by atoms with E-state index in [1.165, 1.54) is 11.7 Å². The molecule has 0 amide bonds. The van der Waals surface area contributed by atoms with Gasteiger partial charge >= 0.3 is 0 Å². The van der Waals surface area contributed by atoms with E-state index in [1.54, 1.807) is 0 Å². The van der Waals surface area contributed by atoms with Gasteiger partial charge in [0.2, 0.25) is 0 Å². The highest BCUT2D eigenvalue weighted by Gasteiger charge is 2.29. The highest BCUT2D eigenvalue weighted by molar-refractivity contribution is 7.00. The Bertz CT molecular complexity index is 537. The van der Waals surface area contributed by atoms with E-state index in [0.29, 0.717) is 32.6 Å². The Kier molecular flexibility index (Phi) is 3.15. The summed E-state index contributed by atoms with van der Waals surface area (Å²) in [6.45, 7) is 1.77. The number of hydrogen-bond acceptors (Lipinski definition) is 6. The second-order valence-electron chi connectivity index (χ2n) is 4.63. The third-order valence-corrected chi connectivity index (χ3v) is 3.86. The first-order valence-corrected chi connectivity index (χ1v) is 6.75. The fourth-order valence-electron chi connectivity index (χ4n) is 2.14. The van der Waals surface area contributed by atoms with Crippen molar-refractivity contribution >= 4 is 28.4 Å². The predicted molar refractivity (Wildman–Crippen MR) is 70.9 cm³/mol. The minimum atomic E-state index is -0.677. The lowest BCUT2D eigenvalue weighted by molar-refractivity contribution is -0.0543. The van der Waals surface area contributed by atoms with Gasteiger partial charge in [0.15, 0.2) is 0 Å². The van der Waals surface area contributed by atoms with Gasteiger partial charge in [-0.15, -0.1) is 0 Å². The Morgan fingerprint density at radius 3 is 3.00 bits per heavy atom. The molecule has 0 atom stereocenters. The monoisotopic (exact) mass is 265 g/mol. The van der Waals surface area contributed by atoms with Gasteiger partial charge in [0.05, 0.1) is 23.0 Å². The zero-order chi connectivity index (χ0) is 12.4. The summed E-state index contributed by atoms with van der Waals surface area (Å²) in [6, 6.07) is 5.85. The number of nitrogens with zero attached hydrogens (tertiary/aromatic N) is 2. The van der Waals surface area contributed by atoms with Crippen LogP contribution in [0.15, 0.2) is 18.2 Å². The van der Waals surface area contributed by atoms with Crippen LogP contribution >= 0.6 is 11.7 Å². The summed E-state index contributed by atoms with van der Waals surface area (Å²) in [7, 11) is 0. The van der Waals surface area contributed by atoms with Gasteiger partial charge in [-0.2, -0.15) is 8.75 Å². The number of ether oxygens (including phenoxy) is 1. The number of aromatic nitrogens is 2. The van der Waals surface area contributed by atoms with Crippen LogP contribution in [0, 0.1) is 0 Å². The Labute approximate surface area is 109 Å². The van der Waals surface area contributed by atoms with Gasteiger partial charge in [-0.3, -0.25) is 0 Å². The van der Waals surface area contributed by atoms with Crippen molar-refractivity contribution in [2.24, 2.45) is 0 Å². The predicted octanol–water partition coefficient (Wildman–Crippen LogP) is 1.64. The molecule has 1 aromatic carbocycles. The van der Waals surface area contributed by atoms with E-state index in [4.69, 9.17) is 4.74 Å². The smallest absolute Gasteiger partial charge is 0.127 e. The van der Waals surface area contributed by atoms with Crippen molar-refractivity contribution in [2.75, 3.05) is 25.1 Å². The average Bonchev–Trinajstić information content (AvgIpc) is 2.86. The molecule has 0 spiro atoms. The maximum atomic E-state index is 10.4. The number of nitrogens with one attached hydrogen (secondary N) is 1. The Hall–Kier alpha value is -1.24. The van der Waals surface area contributed by atoms with Crippen LogP contribution < -0.4 is 5.32 Å². The number of benzene rings is 1. The van der Waals surface area contributed by atoms with Crippen LogP contribution in [0.25, 0.3) is 11.0 Å². The molecular formula is C12H15N3O2S. The lowest BCUT2D eigenvalue weighted by Gasteiger charge is -2.32. The summed E-state index contributed by atoms with van der Waals surface area (Å²) in [6.07, 6.45) is 1.34. The molecule has 0 saturated carbocycles. The van der Waals surface area contributed by atoms with Crippen molar-refractivity contribution in [1.82, 2.24) is 8.75 Å². The number of rotatable bonds is 3. The van der Waals surface area contributed by atoms with Gasteiger partial charge in [-0.25, -0.2) is 0 Å². The van der Waals surface area contributed by atoms with E-state index in [0.717, 1.165) is 16.7 Å². The van der Waals surface area contributed by atoms with E-state index in [-0.39, 0.29) is 0 Å². The molecule has 0 radical (unpaired) electrons. The molecule has 0 unspecified atom stereocenters. The van der Waals surface area contributed by atoms with Crippen LogP contribution in [0.1, 0.15) is 12.8 Å². The summed E-state index contributed by atoms with van der Waals surface area (Å²) < 4.78 is 13.7. The van der Waals surface area contributed by atoms with Crippen molar-refractivity contribution in [2.45, 2.75) is 18.4 Å². The molecule has 1 aliphatic rings. The van der Waals surface area contributed by atoms with E-state index in [2.05, 4.69) is 14.1 Å². The number of hydrogen-bond donors (Lipinski definition) is 2. The molecule has 5 nitrogen and oxygen atoms in total. The van der Waals surface area contributed by atoms with Crippen LogP contribution in [-0.4, -0.2) is 39.2 Å². The largest absolute Gasteiger partial charge is 0.388 e. The maximum Gasteiger partial charge on any atom is 0.127 e. The molecule has 96 valence electrons. The fourth-order valence-corrected chi connectivity index (χ4v) is 2.69. The van der Waals surface area contributed by atoms with Crippen molar-refractivity contribution in [3.05, 3.63) is 18.2 Å². The van der Waals surface area contributed by atoms with Crippen LogP contribution in [0.5, 0.6) is 0 Å². The summed E-state index contributed by atoms with van der Waals surface area (Å²) in [5.41, 5.74) is 2.02. The highest BCUT2D eigenvalue weighted by atomic mass is 32.1. The summed E-state index contributed by atoms with van der Waals surface area (Å²) >= 11 is 1.21. The molecule has 1 saturated heterocycles. The Morgan fingerprint density at radius 2 is 2.17 bits per heavy atom. The quantitative estimate of drug-likeness (QED) is 0.883. The molecule has 1 aromatic heterocycles. The molecule has 3 rings (SSSR count). The van der Waals surface area contributed by atoms with Crippen molar-refractivity contribution in [3.63, 3.8) is 0 Å². The summed E-state index contributed by atoms with van der Waals surface area (Å²) in [4.78, 5) is 0. The van der Waals surface area contributed by atoms with Gasteiger partial charge < -0.3 is 15.2 Å². The Morgan fingerprint density at radius 1 is 1.33 bits per heavy atom. The molecule has 6 heteroatoms. The van der Waals surface area contributed by atoms with Crippen molar-refractivity contribution in [3.8, 4) is 0 Å². The molecule has 1 fully saturated rings. The van der Waals surface area contributed by atoms with Gasteiger partial charge in [-0.1, -0.05) is 6.07 Å². The van der Waals surface area contributed by atoms with Gasteiger partial charge in [0, 0.05) is 32.6 Å².